The lowest BCUT2D eigenvalue weighted by Crippen LogP contribution is -2.44. The first kappa shape index (κ1) is 16.3. The van der Waals surface area contributed by atoms with Crippen molar-refractivity contribution in [3.63, 3.8) is 0 Å². The molecule has 2 aromatic rings. The highest BCUT2D eigenvalue weighted by molar-refractivity contribution is 6.00. The van der Waals surface area contributed by atoms with Crippen LogP contribution in [0.25, 0.3) is 0 Å². The molecule has 1 saturated heterocycles. The van der Waals surface area contributed by atoms with Crippen molar-refractivity contribution < 1.29 is 14.3 Å². The van der Waals surface area contributed by atoms with Gasteiger partial charge in [-0.05, 0) is 17.2 Å². The number of carbonyl (C=O) groups excluding carboxylic acids is 1. The topological polar surface area (TPSA) is 50.8 Å². The maximum Gasteiger partial charge on any atom is 0.228 e. The van der Waals surface area contributed by atoms with E-state index in [0.717, 1.165) is 24.3 Å². The van der Waals surface area contributed by atoms with E-state index in [4.69, 9.17) is 9.47 Å². The van der Waals surface area contributed by atoms with Gasteiger partial charge in [0, 0.05) is 32.1 Å². The van der Waals surface area contributed by atoms with Crippen LogP contribution in [0, 0.1) is 0 Å². The molecule has 0 bridgehead atoms. The Labute approximate surface area is 142 Å². The minimum Gasteiger partial charge on any atom is -0.493 e. The van der Waals surface area contributed by atoms with Crippen molar-refractivity contribution in [3.8, 4) is 11.5 Å². The van der Waals surface area contributed by atoms with Gasteiger partial charge in [-0.2, -0.15) is 0 Å². The van der Waals surface area contributed by atoms with E-state index in [1.165, 1.54) is 5.56 Å². The van der Waals surface area contributed by atoms with Gasteiger partial charge in [-0.25, -0.2) is 0 Å². The van der Waals surface area contributed by atoms with Gasteiger partial charge in [0.05, 0.1) is 19.9 Å². The monoisotopic (exact) mass is 326 g/mol. The van der Waals surface area contributed by atoms with Gasteiger partial charge in [-0.1, -0.05) is 30.3 Å². The molecule has 0 spiro atoms. The minimum atomic E-state index is 0.145. The third kappa shape index (κ3) is 3.36. The molecule has 0 saturated carbocycles. The molecule has 0 atom stereocenters. The fourth-order valence-corrected chi connectivity index (χ4v) is 2.81. The SMILES string of the molecule is COc1cc(CNCc2ccccc2)c(N2CCC2=O)cc1OC. The van der Waals surface area contributed by atoms with Crippen molar-refractivity contribution in [2.24, 2.45) is 0 Å². The molecule has 24 heavy (non-hydrogen) atoms. The second kappa shape index (κ2) is 7.36. The molecule has 5 heteroatoms. The number of rotatable bonds is 7. The number of anilines is 1. The van der Waals surface area contributed by atoms with Crippen molar-refractivity contribution in [1.29, 1.82) is 0 Å². The van der Waals surface area contributed by atoms with Crippen molar-refractivity contribution in [3.05, 3.63) is 53.6 Å². The van der Waals surface area contributed by atoms with Crippen LogP contribution in [0.5, 0.6) is 11.5 Å². The molecule has 5 nitrogen and oxygen atoms in total. The second-order valence-corrected chi connectivity index (χ2v) is 5.72. The van der Waals surface area contributed by atoms with Crippen molar-refractivity contribution in [2.45, 2.75) is 19.5 Å². The molecule has 1 amide bonds. The van der Waals surface area contributed by atoms with Crippen LogP contribution < -0.4 is 19.7 Å². The van der Waals surface area contributed by atoms with Gasteiger partial charge < -0.3 is 19.7 Å². The number of nitrogens with one attached hydrogen (secondary N) is 1. The van der Waals surface area contributed by atoms with Gasteiger partial charge >= 0.3 is 0 Å². The molecular formula is C19H22N2O3. The number of ether oxygens (including phenoxy) is 2. The van der Waals surface area contributed by atoms with E-state index in [-0.39, 0.29) is 5.91 Å². The molecule has 1 aliphatic heterocycles. The van der Waals surface area contributed by atoms with Crippen LogP contribution >= 0.6 is 0 Å². The molecule has 1 aliphatic rings. The Bertz CT molecular complexity index is 716. The van der Waals surface area contributed by atoms with Gasteiger partial charge in [0.1, 0.15) is 0 Å². The Kier molecular flexibility index (Phi) is 5.01. The summed E-state index contributed by atoms with van der Waals surface area (Å²) in [5, 5.41) is 3.43. The maximum absolute atomic E-state index is 11.9. The van der Waals surface area contributed by atoms with Crippen LogP contribution in [0.1, 0.15) is 17.5 Å². The first-order valence-corrected chi connectivity index (χ1v) is 8.03. The van der Waals surface area contributed by atoms with Crippen molar-refractivity contribution >= 4 is 11.6 Å². The van der Waals surface area contributed by atoms with Crippen LogP contribution in [-0.4, -0.2) is 26.7 Å². The van der Waals surface area contributed by atoms with E-state index in [1.54, 1.807) is 19.1 Å². The first-order chi connectivity index (χ1) is 11.7. The van der Waals surface area contributed by atoms with Gasteiger partial charge in [0.15, 0.2) is 11.5 Å². The average Bonchev–Trinajstić information content (AvgIpc) is 2.62. The summed E-state index contributed by atoms with van der Waals surface area (Å²) in [4.78, 5) is 13.7. The molecule has 1 N–H and O–H groups in total. The number of β-lactam (4-membered cyclic amide) rings is 1. The molecule has 1 fully saturated rings. The number of hydrogen-bond acceptors (Lipinski definition) is 4. The molecule has 2 aromatic carbocycles. The molecule has 0 aliphatic carbocycles. The Morgan fingerprint density at radius 2 is 1.75 bits per heavy atom. The lowest BCUT2D eigenvalue weighted by atomic mass is 10.1. The Balaban J connectivity index is 1.80. The zero-order valence-corrected chi connectivity index (χ0v) is 14.0. The van der Waals surface area contributed by atoms with Crippen molar-refractivity contribution in [1.82, 2.24) is 5.32 Å². The molecule has 0 radical (unpaired) electrons. The van der Waals surface area contributed by atoms with E-state index >= 15 is 0 Å². The summed E-state index contributed by atoms with van der Waals surface area (Å²) in [5.74, 6) is 1.45. The minimum absolute atomic E-state index is 0.145. The fourth-order valence-electron chi connectivity index (χ4n) is 2.81. The van der Waals surface area contributed by atoms with Gasteiger partial charge in [-0.15, -0.1) is 0 Å². The standard InChI is InChI=1S/C19H22N2O3/c1-23-17-10-15(13-20-12-14-6-4-3-5-7-14)16(11-18(17)24-2)21-9-8-19(21)22/h3-7,10-11,20H,8-9,12-13H2,1-2H3. The average molecular weight is 326 g/mol. The zero-order valence-electron chi connectivity index (χ0n) is 14.0. The predicted octanol–water partition coefficient (Wildman–Crippen LogP) is 2.73. The lowest BCUT2D eigenvalue weighted by molar-refractivity contribution is -0.122. The van der Waals surface area contributed by atoms with Gasteiger partial charge in [0.25, 0.3) is 0 Å². The fraction of sp³-hybridized carbons (Fsp3) is 0.316. The number of methoxy groups -OCH3 is 2. The Morgan fingerprint density at radius 1 is 1.04 bits per heavy atom. The molecule has 0 unspecified atom stereocenters. The summed E-state index contributed by atoms with van der Waals surface area (Å²) in [6.07, 6.45) is 0.602. The predicted molar refractivity (Wildman–Crippen MR) is 93.5 cm³/mol. The van der Waals surface area contributed by atoms with E-state index in [9.17, 15) is 4.79 Å². The van der Waals surface area contributed by atoms with Crippen molar-refractivity contribution in [2.75, 3.05) is 25.7 Å². The summed E-state index contributed by atoms with van der Waals surface area (Å²) >= 11 is 0. The number of hydrogen-bond donors (Lipinski definition) is 1. The summed E-state index contributed by atoms with van der Waals surface area (Å²) in [5.41, 5.74) is 3.14. The van der Waals surface area contributed by atoms with E-state index < -0.39 is 0 Å². The summed E-state index contributed by atoms with van der Waals surface area (Å²) < 4.78 is 10.8. The maximum atomic E-state index is 11.9. The normalized spacial score (nSPS) is 13.6. The van der Waals surface area contributed by atoms with E-state index in [1.807, 2.05) is 30.3 Å². The molecule has 0 aromatic heterocycles. The Morgan fingerprint density at radius 3 is 2.33 bits per heavy atom. The first-order valence-electron chi connectivity index (χ1n) is 8.03. The third-order valence-corrected chi connectivity index (χ3v) is 4.21. The lowest BCUT2D eigenvalue weighted by Gasteiger charge is -2.33. The summed E-state index contributed by atoms with van der Waals surface area (Å²) in [6.45, 7) is 2.16. The smallest absolute Gasteiger partial charge is 0.228 e. The highest BCUT2D eigenvalue weighted by atomic mass is 16.5. The molecule has 126 valence electrons. The van der Waals surface area contributed by atoms with Gasteiger partial charge in [0.2, 0.25) is 5.91 Å². The highest BCUT2D eigenvalue weighted by Crippen LogP contribution is 2.37. The summed E-state index contributed by atoms with van der Waals surface area (Å²) in [7, 11) is 3.22. The van der Waals surface area contributed by atoms with Crippen LogP contribution in [0.2, 0.25) is 0 Å². The van der Waals surface area contributed by atoms with Crippen LogP contribution in [0.15, 0.2) is 42.5 Å². The number of benzene rings is 2. The van der Waals surface area contributed by atoms with Gasteiger partial charge in [-0.3, -0.25) is 4.79 Å². The Hall–Kier alpha value is -2.53. The van der Waals surface area contributed by atoms with Crippen LogP contribution in [0.3, 0.4) is 0 Å². The van der Waals surface area contributed by atoms with E-state index in [0.29, 0.717) is 24.5 Å². The number of carbonyl (C=O) groups is 1. The van der Waals surface area contributed by atoms with E-state index in [2.05, 4.69) is 17.4 Å². The second-order valence-electron chi connectivity index (χ2n) is 5.72. The molecule has 1 heterocycles. The molecule has 3 rings (SSSR count). The third-order valence-electron chi connectivity index (χ3n) is 4.21. The summed E-state index contributed by atoms with van der Waals surface area (Å²) in [6, 6.07) is 14.1. The van der Waals surface area contributed by atoms with Crippen LogP contribution in [0.4, 0.5) is 5.69 Å². The quantitative estimate of drug-likeness (QED) is 0.795. The largest absolute Gasteiger partial charge is 0.493 e. The number of nitrogens with zero attached hydrogens (tertiary/aromatic N) is 1. The highest BCUT2D eigenvalue weighted by Gasteiger charge is 2.28. The van der Waals surface area contributed by atoms with Crippen LogP contribution in [-0.2, 0) is 17.9 Å². The number of amides is 1. The molecular weight excluding hydrogens is 304 g/mol. The zero-order chi connectivity index (χ0) is 16.9.